The van der Waals surface area contributed by atoms with Crippen LogP contribution < -0.4 is 5.32 Å². The number of hydrogen-bond acceptors (Lipinski definition) is 5. The Morgan fingerprint density at radius 2 is 2.00 bits per heavy atom. The fourth-order valence-corrected chi connectivity index (χ4v) is 3.04. The quantitative estimate of drug-likeness (QED) is 0.492. The normalized spacial score (nSPS) is 12.5. The zero-order valence-electron chi connectivity index (χ0n) is 13.8. The standard InChI is InChI=1S/C14H10F6N6OS/c1-2-28-10-9(24-25-11(10)23-12(27)14(18,19)20)6-4-26-5-21-7(13(15,16)17)3-8(26)22-6/h3-5H,2H2,1H3,(H2,23,24,25,27). The average Bonchev–Trinajstić information content (AvgIpc) is 3.17. The number of rotatable bonds is 4. The second-order valence-electron chi connectivity index (χ2n) is 5.32. The summed E-state index contributed by atoms with van der Waals surface area (Å²) in [5, 5.41) is 7.80. The van der Waals surface area contributed by atoms with E-state index < -0.39 is 24.0 Å². The van der Waals surface area contributed by atoms with Crippen molar-refractivity contribution in [3.8, 4) is 11.4 Å². The molecule has 3 heterocycles. The maximum atomic E-state index is 12.8. The van der Waals surface area contributed by atoms with Crippen LogP contribution >= 0.6 is 11.8 Å². The molecule has 0 aliphatic rings. The number of carbonyl (C=O) groups excluding carboxylic acids is 1. The van der Waals surface area contributed by atoms with Crippen molar-refractivity contribution in [2.24, 2.45) is 0 Å². The smallest absolute Gasteiger partial charge is 0.300 e. The molecule has 28 heavy (non-hydrogen) atoms. The molecule has 0 unspecified atom stereocenters. The van der Waals surface area contributed by atoms with Crippen LogP contribution in [0.5, 0.6) is 0 Å². The number of aromatic nitrogens is 5. The van der Waals surface area contributed by atoms with Gasteiger partial charge < -0.3 is 5.32 Å². The Morgan fingerprint density at radius 1 is 1.29 bits per heavy atom. The van der Waals surface area contributed by atoms with Gasteiger partial charge >= 0.3 is 18.3 Å². The summed E-state index contributed by atoms with van der Waals surface area (Å²) in [5.74, 6) is -2.12. The highest BCUT2D eigenvalue weighted by Gasteiger charge is 2.39. The molecule has 3 aromatic heterocycles. The summed E-state index contributed by atoms with van der Waals surface area (Å²) in [5.41, 5.74) is -0.929. The van der Waals surface area contributed by atoms with Gasteiger partial charge in [0.1, 0.15) is 29.1 Å². The van der Waals surface area contributed by atoms with Gasteiger partial charge in [0, 0.05) is 12.3 Å². The Balaban J connectivity index is 2.02. The van der Waals surface area contributed by atoms with Crippen molar-refractivity contribution >= 4 is 29.1 Å². The summed E-state index contributed by atoms with van der Waals surface area (Å²) < 4.78 is 77.0. The first-order valence-corrected chi connectivity index (χ1v) is 8.51. The maximum Gasteiger partial charge on any atom is 0.471 e. The molecule has 2 N–H and O–H groups in total. The topological polar surface area (TPSA) is 88.0 Å². The highest BCUT2D eigenvalue weighted by molar-refractivity contribution is 7.99. The molecule has 0 fully saturated rings. The number of aromatic amines is 1. The summed E-state index contributed by atoms with van der Waals surface area (Å²) in [6.07, 6.45) is -7.49. The van der Waals surface area contributed by atoms with Gasteiger partial charge in [0.15, 0.2) is 5.82 Å². The number of nitrogens with one attached hydrogen (secondary N) is 2. The molecule has 0 radical (unpaired) electrons. The van der Waals surface area contributed by atoms with Crippen LogP contribution in [0.3, 0.4) is 0 Å². The molecule has 150 valence electrons. The van der Waals surface area contributed by atoms with Gasteiger partial charge in [-0.05, 0) is 5.75 Å². The minimum atomic E-state index is -5.10. The van der Waals surface area contributed by atoms with Crippen LogP contribution in [0.2, 0.25) is 0 Å². The molecule has 0 saturated carbocycles. The Bertz CT molecular complexity index is 1020. The number of imidazole rings is 1. The number of H-pyrrole nitrogens is 1. The predicted octanol–water partition coefficient (Wildman–Crippen LogP) is 3.75. The molecule has 0 atom stereocenters. The third-order valence-corrected chi connectivity index (χ3v) is 4.37. The van der Waals surface area contributed by atoms with E-state index in [1.165, 1.54) is 10.6 Å². The number of halogens is 6. The predicted molar refractivity (Wildman–Crippen MR) is 86.7 cm³/mol. The Labute approximate surface area is 156 Å². The molecule has 0 spiro atoms. The van der Waals surface area contributed by atoms with Gasteiger partial charge in [-0.2, -0.15) is 31.4 Å². The van der Waals surface area contributed by atoms with Gasteiger partial charge in [0.2, 0.25) is 0 Å². The Morgan fingerprint density at radius 3 is 2.61 bits per heavy atom. The van der Waals surface area contributed by atoms with Gasteiger partial charge in [-0.1, -0.05) is 6.92 Å². The van der Waals surface area contributed by atoms with E-state index in [9.17, 15) is 31.1 Å². The monoisotopic (exact) mass is 424 g/mol. The first-order chi connectivity index (χ1) is 13.0. The highest BCUT2D eigenvalue weighted by atomic mass is 32.2. The van der Waals surface area contributed by atoms with Gasteiger partial charge in [-0.15, -0.1) is 11.8 Å². The van der Waals surface area contributed by atoms with Crippen LogP contribution in [0, 0.1) is 0 Å². The van der Waals surface area contributed by atoms with E-state index in [0.717, 1.165) is 24.2 Å². The number of alkyl halides is 6. The lowest BCUT2D eigenvalue weighted by atomic mass is 10.3. The summed E-state index contributed by atoms with van der Waals surface area (Å²) >= 11 is 1.08. The van der Waals surface area contributed by atoms with Crippen molar-refractivity contribution in [1.82, 2.24) is 24.6 Å². The average molecular weight is 424 g/mol. The van der Waals surface area contributed by atoms with Crippen molar-refractivity contribution < 1.29 is 31.1 Å². The number of fused-ring (bicyclic) bond motifs is 1. The molecule has 0 bridgehead atoms. The van der Waals surface area contributed by atoms with Crippen LogP contribution in [-0.4, -0.2) is 42.4 Å². The highest BCUT2D eigenvalue weighted by Crippen LogP contribution is 2.36. The van der Waals surface area contributed by atoms with Crippen LogP contribution in [0.25, 0.3) is 17.0 Å². The number of amides is 1. The van der Waals surface area contributed by atoms with Crippen LogP contribution in [0.15, 0.2) is 23.5 Å². The summed E-state index contributed by atoms with van der Waals surface area (Å²) in [7, 11) is 0. The van der Waals surface area contributed by atoms with Crippen LogP contribution in [-0.2, 0) is 11.0 Å². The van der Waals surface area contributed by atoms with E-state index in [4.69, 9.17) is 0 Å². The summed E-state index contributed by atoms with van der Waals surface area (Å²) in [6.45, 7) is 1.72. The molecule has 3 rings (SSSR count). The molecular weight excluding hydrogens is 414 g/mol. The van der Waals surface area contributed by atoms with E-state index in [2.05, 4.69) is 20.2 Å². The van der Waals surface area contributed by atoms with E-state index >= 15 is 0 Å². The van der Waals surface area contributed by atoms with Gasteiger partial charge in [-0.25, -0.2) is 9.97 Å². The number of hydrogen-bond donors (Lipinski definition) is 2. The zero-order valence-corrected chi connectivity index (χ0v) is 14.6. The van der Waals surface area contributed by atoms with Crippen LogP contribution in [0.4, 0.5) is 32.2 Å². The van der Waals surface area contributed by atoms with Crippen LogP contribution in [0.1, 0.15) is 12.6 Å². The van der Waals surface area contributed by atoms with Crippen molar-refractivity contribution in [2.45, 2.75) is 24.2 Å². The molecule has 0 aliphatic heterocycles. The largest absolute Gasteiger partial charge is 0.471 e. The molecule has 0 saturated heterocycles. The third-order valence-electron chi connectivity index (χ3n) is 3.39. The lowest BCUT2D eigenvalue weighted by molar-refractivity contribution is -0.167. The van der Waals surface area contributed by atoms with E-state index in [1.807, 2.05) is 0 Å². The summed E-state index contributed by atoms with van der Waals surface area (Å²) in [4.78, 5) is 18.7. The third kappa shape index (κ3) is 3.90. The SMILES string of the molecule is CCSc1c(NC(=O)C(F)(F)F)n[nH]c1-c1cn2cnc(C(F)(F)F)cc2n1. The van der Waals surface area contributed by atoms with Crippen molar-refractivity contribution in [3.63, 3.8) is 0 Å². The lowest BCUT2D eigenvalue weighted by Crippen LogP contribution is -2.30. The Hall–Kier alpha value is -2.77. The molecule has 14 heteroatoms. The summed E-state index contributed by atoms with van der Waals surface area (Å²) in [6, 6.07) is 0.735. The maximum absolute atomic E-state index is 12.8. The molecular formula is C14H10F6N6OS. The fraction of sp³-hybridized carbons (Fsp3) is 0.286. The van der Waals surface area contributed by atoms with Crippen molar-refractivity contribution in [1.29, 1.82) is 0 Å². The second-order valence-corrected chi connectivity index (χ2v) is 6.60. The molecule has 0 aromatic carbocycles. The number of thioether (sulfide) groups is 1. The molecule has 0 aliphatic carbocycles. The van der Waals surface area contributed by atoms with E-state index in [-0.39, 0.29) is 27.7 Å². The number of carbonyl (C=O) groups is 1. The number of anilines is 1. The molecule has 7 nitrogen and oxygen atoms in total. The fourth-order valence-electron chi connectivity index (χ4n) is 2.22. The van der Waals surface area contributed by atoms with Gasteiger partial charge in [0.05, 0.1) is 4.90 Å². The lowest BCUT2D eigenvalue weighted by Gasteiger charge is -2.07. The van der Waals surface area contributed by atoms with E-state index in [0.29, 0.717) is 5.75 Å². The minimum absolute atomic E-state index is 0.0692. The van der Waals surface area contributed by atoms with Crippen molar-refractivity contribution in [2.75, 3.05) is 11.1 Å². The van der Waals surface area contributed by atoms with Gasteiger partial charge in [-0.3, -0.25) is 14.3 Å². The molecule has 1 amide bonds. The second kappa shape index (κ2) is 7.00. The minimum Gasteiger partial charge on any atom is -0.300 e. The molecule has 3 aromatic rings. The Kier molecular flexibility index (Phi) is 4.99. The number of nitrogens with zero attached hydrogens (tertiary/aromatic N) is 4. The van der Waals surface area contributed by atoms with Gasteiger partial charge in [0.25, 0.3) is 0 Å². The zero-order chi connectivity index (χ0) is 20.7. The van der Waals surface area contributed by atoms with E-state index in [1.54, 1.807) is 12.2 Å². The van der Waals surface area contributed by atoms with Crippen molar-refractivity contribution in [3.05, 3.63) is 24.3 Å². The first kappa shape index (κ1) is 20.0. The first-order valence-electron chi connectivity index (χ1n) is 7.52.